The molecule has 20 heavy (non-hydrogen) atoms. The van der Waals surface area contributed by atoms with Gasteiger partial charge in [0.25, 0.3) is 5.56 Å². The minimum absolute atomic E-state index is 0.0110. The molecule has 0 saturated carbocycles. The molecule has 1 aliphatic carbocycles. The summed E-state index contributed by atoms with van der Waals surface area (Å²) < 4.78 is 5.21. The zero-order chi connectivity index (χ0) is 13.9. The lowest BCUT2D eigenvalue weighted by Crippen LogP contribution is -2.21. The highest BCUT2D eigenvalue weighted by atomic mass is 16.5. The Morgan fingerprint density at radius 3 is 2.90 bits per heavy atom. The average Bonchev–Trinajstić information content (AvgIpc) is 2.48. The van der Waals surface area contributed by atoms with Crippen LogP contribution in [0.5, 0.6) is 0 Å². The van der Waals surface area contributed by atoms with Crippen LogP contribution in [0.25, 0.3) is 11.4 Å². The van der Waals surface area contributed by atoms with Gasteiger partial charge in [-0.1, -0.05) is 24.3 Å². The first-order chi connectivity index (χ1) is 9.79. The number of methoxy groups -OCH3 is 1. The van der Waals surface area contributed by atoms with Gasteiger partial charge in [0.2, 0.25) is 0 Å². The van der Waals surface area contributed by atoms with Crippen molar-refractivity contribution in [3.63, 3.8) is 0 Å². The molecule has 1 heterocycles. The van der Waals surface area contributed by atoms with Gasteiger partial charge in [0, 0.05) is 18.2 Å². The molecule has 0 radical (unpaired) electrons. The number of benzene rings is 1. The predicted molar refractivity (Wildman–Crippen MR) is 77.6 cm³/mol. The van der Waals surface area contributed by atoms with E-state index in [1.807, 2.05) is 24.3 Å². The van der Waals surface area contributed by atoms with E-state index in [2.05, 4.69) is 9.97 Å². The molecule has 0 atom stereocenters. The first kappa shape index (κ1) is 13.1. The highest BCUT2D eigenvalue weighted by Crippen LogP contribution is 2.23. The molecule has 0 bridgehead atoms. The molecule has 4 heteroatoms. The van der Waals surface area contributed by atoms with Crippen LogP contribution in [0.1, 0.15) is 29.7 Å². The van der Waals surface area contributed by atoms with Crippen LogP contribution in [0.4, 0.5) is 0 Å². The highest BCUT2D eigenvalue weighted by molar-refractivity contribution is 5.60. The third-order valence-electron chi connectivity index (χ3n) is 3.76. The largest absolute Gasteiger partial charge is 0.380 e. The molecule has 1 aliphatic rings. The Balaban J connectivity index is 2.11. The van der Waals surface area contributed by atoms with Crippen LogP contribution in [-0.2, 0) is 24.2 Å². The number of aromatic nitrogens is 2. The number of aromatic amines is 1. The lowest BCUT2D eigenvalue weighted by molar-refractivity contribution is 0.185. The summed E-state index contributed by atoms with van der Waals surface area (Å²) in [4.78, 5) is 19.8. The second-order valence-electron chi connectivity index (χ2n) is 5.14. The molecular formula is C16H18N2O2. The fraction of sp³-hybridized carbons (Fsp3) is 0.375. The molecule has 0 aliphatic heterocycles. The van der Waals surface area contributed by atoms with Crippen LogP contribution in [0.15, 0.2) is 29.1 Å². The third-order valence-corrected chi connectivity index (χ3v) is 3.76. The number of nitrogens with one attached hydrogen (secondary N) is 1. The molecule has 0 unspecified atom stereocenters. The Hall–Kier alpha value is -1.94. The van der Waals surface area contributed by atoms with Gasteiger partial charge in [-0.15, -0.1) is 0 Å². The minimum Gasteiger partial charge on any atom is -0.380 e. The molecule has 1 aromatic carbocycles. The zero-order valence-electron chi connectivity index (χ0n) is 11.6. The summed E-state index contributed by atoms with van der Waals surface area (Å²) in [6.07, 6.45) is 3.94. The predicted octanol–water partition coefficient (Wildman–Crippen LogP) is 2.46. The quantitative estimate of drug-likeness (QED) is 0.932. The smallest absolute Gasteiger partial charge is 0.254 e. The second kappa shape index (κ2) is 5.59. The van der Waals surface area contributed by atoms with Crippen molar-refractivity contribution in [3.8, 4) is 11.4 Å². The summed E-state index contributed by atoms with van der Waals surface area (Å²) in [5, 5.41) is 0. The van der Waals surface area contributed by atoms with E-state index in [9.17, 15) is 4.79 Å². The van der Waals surface area contributed by atoms with Gasteiger partial charge in [0.15, 0.2) is 0 Å². The summed E-state index contributed by atoms with van der Waals surface area (Å²) in [6.45, 7) is 0.511. The van der Waals surface area contributed by atoms with Gasteiger partial charge in [-0.2, -0.15) is 0 Å². The Morgan fingerprint density at radius 2 is 2.05 bits per heavy atom. The first-order valence-corrected chi connectivity index (χ1v) is 6.99. The molecular weight excluding hydrogens is 252 g/mol. The Kier molecular flexibility index (Phi) is 3.65. The molecule has 104 valence electrons. The van der Waals surface area contributed by atoms with Crippen LogP contribution in [-0.4, -0.2) is 17.1 Å². The summed E-state index contributed by atoms with van der Waals surface area (Å²) in [5.41, 5.74) is 3.82. The summed E-state index contributed by atoms with van der Waals surface area (Å²) in [7, 11) is 1.67. The molecule has 4 nitrogen and oxygen atoms in total. The molecule has 0 saturated heterocycles. The van der Waals surface area contributed by atoms with Gasteiger partial charge in [-0.25, -0.2) is 4.98 Å². The van der Waals surface area contributed by atoms with Gasteiger partial charge < -0.3 is 9.72 Å². The van der Waals surface area contributed by atoms with Crippen molar-refractivity contribution >= 4 is 0 Å². The van der Waals surface area contributed by atoms with Crippen LogP contribution >= 0.6 is 0 Å². The molecule has 0 amide bonds. The average molecular weight is 270 g/mol. The Bertz CT molecular complexity index is 676. The van der Waals surface area contributed by atoms with Crippen molar-refractivity contribution < 1.29 is 4.74 Å². The van der Waals surface area contributed by atoms with E-state index in [0.717, 1.165) is 48.1 Å². The van der Waals surface area contributed by atoms with Crippen molar-refractivity contribution in [3.05, 3.63) is 51.4 Å². The molecule has 1 N–H and O–H groups in total. The highest BCUT2D eigenvalue weighted by Gasteiger charge is 2.17. The Labute approximate surface area is 117 Å². The van der Waals surface area contributed by atoms with Gasteiger partial charge in [-0.05, 0) is 31.2 Å². The standard InChI is InChI=1S/C16H18N2O2/c1-20-10-11-6-2-3-7-12(11)15-17-14-9-5-4-8-13(14)16(19)18-15/h2-3,6-7H,4-5,8-10H2,1H3,(H,17,18,19). The van der Waals surface area contributed by atoms with Crippen LogP contribution in [0, 0.1) is 0 Å². The van der Waals surface area contributed by atoms with E-state index in [0.29, 0.717) is 12.4 Å². The molecule has 0 fully saturated rings. The van der Waals surface area contributed by atoms with E-state index in [1.54, 1.807) is 7.11 Å². The van der Waals surface area contributed by atoms with Crippen molar-refractivity contribution in [1.29, 1.82) is 0 Å². The van der Waals surface area contributed by atoms with E-state index < -0.39 is 0 Å². The van der Waals surface area contributed by atoms with E-state index >= 15 is 0 Å². The maximum absolute atomic E-state index is 12.2. The lowest BCUT2D eigenvalue weighted by atomic mass is 9.97. The van der Waals surface area contributed by atoms with Gasteiger partial charge in [0.05, 0.1) is 12.3 Å². The molecule has 2 aromatic rings. The monoisotopic (exact) mass is 270 g/mol. The molecule has 3 rings (SSSR count). The lowest BCUT2D eigenvalue weighted by Gasteiger charge is -2.15. The summed E-state index contributed by atoms with van der Waals surface area (Å²) in [5.74, 6) is 0.656. The molecule has 0 spiro atoms. The number of H-pyrrole nitrogens is 1. The number of hydrogen-bond donors (Lipinski definition) is 1. The van der Waals surface area contributed by atoms with Crippen molar-refractivity contribution in [2.24, 2.45) is 0 Å². The number of rotatable bonds is 3. The van der Waals surface area contributed by atoms with Gasteiger partial charge in [-0.3, -0.25) is 4.79 Å². The van der Waals surface area contributed by atoms with Crippen molar-refractivity contribution in [2.45, 2.75) is 32.3 Å². The van der Waals surface area contributed by atoms with Crippen LogP contribution in [0.3, 0.4) is 0 Å². The number of nitrogens with zero attached hydrogens (tertiary/aromatic N) is 1. The fourth-order valence-electron chi connectivity index (χ4n) is 2.76. The normalized spacial score (nSPS) is 14.1. The van der Waals surface area contributed by atoms with Crippen LogP contribution in [0.2, 0.25) is 0 Å². The van der Waals surface area contributed by atoms with Gasteiger partial charge >= 0.3 is 0 Å². The topological polar surface area (TPSA) is 55.0 Å². The van der Waals surface area contributed by atoms with Crippen molar-refractivity contribution in [1.82, 2.24) is 9.97 Å². The van der Waals surface area contributed by atoms with E-state index in [4.69, 9.17) is 4.74 Å². The summed E-state index contributed by atoms with van der Waals surface area (Å²) in [6, 6.07) is 7.89. The van der Waals surface area contributed by atoms with E-state index in [-0.39, 0.29) is 5.56 Å². The number of hydrogen-bond acceptors (Lipinski definition) is 3. The molecule has 1 aromatic heterocycles. The zero-order valence-corrected chi connectivity index (χ0v) is 11.6. The number of aryl methyl sites for hydroxylation is 1. The van der Waals surface area contributed by atoms with Crippen molar-refractivity contribution in [2.75, 3.05) is 7.11 Å². The Morgan fingerprint density at radius 1 is 1.25 bits per heavy atom. The summed E-state index contributed by atoms with van der Waals surface area (Å²) >= 11 is 0. The second-order valence-corrected chi connectivity index (χ2v) is 5.14. The first-order valence-electron chi connectivity index (χ1n) is 6.99. The SMILES string of the molecule is COCc1ccccc1-c1nc2c(c(=O)[nH]1)CCCC2. The number of fused-ring (bicyclic) bond motifs is 1. The number of ether oxygens (including phenoxy) is 1. The third kappa shape index (κ3) is 2.39. The maximum Gasteiger partial charge on any atom is 0.254 e. The van der Waals surface area contributed by atoms with Crippen LogP contribution < -0.4 is 5.56 Å². The van der Waals surface area contributed by atoms with Gasteiger partial charge in [0.1, 0.15) is 5.82 Å². The maximum atomic E-state index is 12.2. The minimum atomic E-state index is 0.0110. The van der Waals surface area contributed by atoms with E-state index in [1.165, 1.54) is 0 Å². The fourth-order valence-corrected chi connectivity index (χ4v) is 2.76.